The van der Waals surface area contributed by atoms with Crippen molar-refractivity contribution in [3.05, 3.63) is 97.1 Å². The average Bonchev–Trinajstić information content (AvgIpc) is 2.99. The van der Waals surface area contributed by atoms with Crippen molar-refractivity contribution in [2.75, 3.05) is 0 Å². The molecule has 0 saturated carbocycles. The third kappa shape index (κ3) is 3.18. The van der Waals surface area contributed by atoms with Gasteiger partial charge in [-0.3, -0.25) is 0 Å². The summed E-state index contributed by atoms with van der Waals surface area (Å²) < 4.78 is 5.59. The number of carbonyl (C=O) groups excluding carboxylic acids is 1. The number of cyclic esters (lactones) is 1. The van der Waals surface area contributed by atoms with E-state index in [0.29, 0.717) is 18.7 Å². The summed E-state index contributed by atoms with van der Waals surface area (Å²) >= 11 is 0. The molecule has 126 valence electrons. The minimum Gasteiger partial charge on any atom is -0.405 e. The van der Waals surface area contributed by atoms with Crippen LogP contribution in [0.4, 0.5) is 0 Å². The zero-order valence-electron chi connectivity index (χ0n) is 14.1. The third-order valence-corrected chi connectivity index (χ3v) is 4.50. The minimum atomic E-state index is -1.01. The van der Waals surface area contributed by atoms with Gasteiger partial charge in [0, 0.05) is 17.9 Å². The predicted molar refractivity (Wildman–Crippen MR) is 101 cm³/mol. The SMILES string of the molecule is C=CC[C@@H](c1ccccc1)[C@@]1(CC=C)N=C(c2ccccc2)OC1=O. The molecule has 0 spiro atoms. The maximum Gasteiger partial charge on any atom is 0.341 e. The standard InChI is InChI=1S/C22H21NO2/c1-3-11-19(17-12-7-5-8-13-17)22(16-4-2)21(24)25-20(23-22)18-14-9-6-10-15-18/h3-10,12-15,19H,1-2,11,16H2/t19-,22+/m0/s1. The van der Waals surface area contributed by atoms with E-state index in [1.165, 1.54) is 0 Å². The summed E-state index contributed by atoms with van der Waals surface area (Å²) in [5.74, 6) is -0.114. The van der Waals surface area contributed by atoms with Gasteiger partial charge in [-0.2, -0.15) is 0 Å². The highest BCUT2D eigenvalue weighted by molar-refractivity contribution is 6.08. The van der Waals surface area contributed by atoms with E-state index in [0.717, 1.165) is 11.1 Å². The molecule has 2 atom stereocenters. The molecule has 3 heteroatoms. The van der Waals surface area contributed by atoms with E-state index in [4.69, 9.17) is 9.73 Å². The van der Waals surface area contributed by atoms with Crippen LogP contribution in [0.15, 0.2) is 91.0 Å². The number of allylic oxidation sites excluding steroid dienone is 1. The quantitative estimate of drug-likeness (QED) is 0.546. The first-order valence-electron chi connectivity index (χ1n) is 8.35. The number of nitrogens with zero attached hydrogens (tertiary/aromatic N) is 1. The second-order valence-corrected chi connectivity index (χ2v) is 6.08. The zero-order chi connectivity index (χ0) is 17.7. The van der Waals surface area contributed by atoms with Crippen molar-refractivity contribution in [3.8, 4) is 0 Å². The van der Waals surface area contributed by atoms with E-state index in [-0.39, 0.29) is 11.9 Å². The number of ether oxygens (including phenoxy) is 1. The summed E-state index contributed by atoms with van der Waals surface area (Å²) in [5, 5.41) is 0. The molecular weight excluding hydrogens is 310 g/mol. The topological polar surface area (TPSA) is 38.7 Å². The zero-order valence-corrected chi connectivity index (χ0v) is 14.1. The molecule has 0 saturated heterocycles. The Bertz CT molecular complexity index is 795. The summed E-state index contributed by atoms with van der Waals surface area (Å²) in [7, 11) is 0. The van der Waals surface area contributed by atoms with E-state index >= 15 is 0 Å². The first-order chi connectivity index (χ1) is 12.2. The Morgan fingerprint density at radius 3 is 2.24 bits per heavy atom. The van der Waals surface area contributed by atoms with Gasteiger partial charge in [0.25, 0.3) is 0 Å². The lowest BCUT2D eigenvalue weighted by Gasteiger charge is -2.30. The maximum absolute atomic E-state index is 12.9. The van der Waals surface area contributed by atoms with Crippen LogP contribution >= 0.6 is 0 Å². The highest BCUT2D eigenvalue weighted by Gasteiger charge is 2.51. The number of benzene rings is 2. The third-order valence-electron chi connectivity index (χ3n) is 4.50. The summed E-state index contributed by atoms with van der Waals surface area (Å²) in [6, 6.07) is 19.4. The molecule has 3 rings (SSSR count). The monoisotopic (exact) mass is 331 g/mol. The van der Waals surface area contributed by atoms with Crippen LogP contribution in [0.1, 0.15) is 29.9 Å². The van der Waals surface area contributed by atoms with Gasteiger partial charge in [-0.15, -0.1) is 13.2 Å². The van der Waals surface area contributed by atoms with E-state index in [1.54, 1.807) is 6.08 Å². The molecule has 0 fully saturated rings. The van der Waals surface area contributed by atoms with Crippen LogP contribution in [-0.4, -0.2) is 17.4 Å². The van der Waals surface area contributed by atoms with Crippen molar-refractivity contribution in [1.29, 1.82) is 0 Å². The van der Waals surface area contributed by atoms with Crippen LogP contribution in [0.2, 0.25) is 0 Å². The van der Waals surface area contributed by atoms with E-state index in [1.807, 2.05) is 66.7 Å². The van der Waals surface area contributed by atoms with Gasteiger partial charge in [0.05, 0.1) is 0 Å². The molecule has 0 bridgehead atoms. The number of hydrogen-bond acceptors (Lipinski definition) is 3. The van der Waals surface area contributed by atoms with Gasteiger partial charge in [-0.1, -0.05) is 60.7 Å². The van der Waals surface area contributed by atoms with Gasteiger partial charge in [0.1, 0.15) is 0 Å². The molecule has 0 amide bonds. The highest BCUT2D eigenvalue weighted by Crippen LogP contribution is 2.42. The number of rotatable bonds is 7. The lowest BCUT2D eigenvalue weighted by Crippen LogP contribution is -2.40. The fourth-order valence-electron chi connectivity index (χ4n) is 3.30. The molecule has 0 N–H and O–H groups in total. The van der Waals surface area contributed by atoms with Crippen LogP contribution < -0.4 is 0 Å². The Kier molecular flexibility index (Phi) is 4.94. The van der Waals surface area contributed by atoms with Gasteiger partial charge in [0.15, 0.2) is 5.54 Å². The van der Waals surface area contributed by atoms with Gasteiger partial charge in [-0.25, -0.2) is 9.79 Å². The Morgan fingerprint density at radius 1 is 1.00 bits per heavy atom. The van der Waals surface area contributed by atoms with Gasteiger partial charge < -0.3 is 4.74 Å². The Hall–Kier alpha value is -2.94. The van der Waals surface area contributed by atoms with E-state index in [9.17, 15) is 4.79 Å². The van der Waals surface area contributed by atoms with Crippen LogP contribution in [-0.2, 0) is 9.53 Å². The lowest BCUT2D eigenvalue weighted by atomic mass is 9.75. The van der Waals surface area contributed by atoms with Crippen LogP contribution in [0.25, 0.3) is 0 Å². The second kappa shape index (κ2) is 7.31. The summed E-state index contributed by atoms with van der Waals surface area (Å²) in [6.45, 7) is 7.70. The average molecular weight is 331 g/mol. The largest absolute Gasteiger partial charge is 0.405 e. The van der Waals surface area contributed by atoms with Gasteiger partial charge in [0.2, 0.25) is 5.90 Å². The smallest absolute Gasteiger partial charge is 0.341 e. The fraction of sp³-hybridized carbons (Fsp3) is 0.182. The lowest BCUT2D eigenvalue weighted by molar-refractivity contribution is -0.139. The molecular formula is C22H21NO2. The van der Waals surface area contributed by atoms with Crippen molar-refractivity contribution in [2.45, 2.75) is 24.3 Å². The number of aliphatic imine (C=N–C) groups is 1. The second-order valence-electron chi connectivity index (χ2n) is 6.08. The minimum absolute atomic E-state index is 0.155. The molecule has 1 aliphatic rings. The number of carbonyl (C=O) groups is 1. The molecule has 0 aromatic heterocycles. The molecule has 2 aromatic carbocycles. The van der Waals surface area contributed by atoms with Crippen LogP contribution in [0.3, 0.4) is 0 Å². The molecule has 25 heavy (non-hydrogen) atoms. The summed E-state index contributed by atoms with van der Waals surface area (Å²) in [4.78, 5) is 17.7. The molecule has 1 aliphatic heterocycles. The number of esters is 1. The predicted octanol–water partition coefficient (Wildman–Crippen LogP) is 4.66. The van der Waals surface area contributed by atoms with Crippen molar-refractivity contribution in [2.24, 2.45) is 4.99 Å². The van der Waals surface area contributed by atoms with Crippen molar-refractivity contribution in [1.82, 2.24) is 0 Å². The van der Waals surface area contributed by atoms with Crippen molar-refractivity contribution >= 4 is 11.9 Å². The van der Waals surface area contributed by atoms with Crippen LogP contribution in [0.5, 0.6) is 0 Å². The first kappa shape index (κ1) is 16.9. The Morgan fingerprint density at radius 2 is 1.64 bits per heavy atom. The molecule has 1 heterocycles. The van der Waals surface area contributed by atoms with E-state index in [2.05, 4.69) is 13.2 Å². The summed E-state index contributed by atoms with van der Waals surface area (Å²) in [5.41, 5.74) is 0.828. The van der Waals surface area contributed by atoms with Crippen molar-refractivity contribution in [3.63, 3.8) is 0 Å². The molecule has 3 nitrogen and oxygen atoms in total. The molecule has 0 radical (unpaired) electrons. The first-order valence-corrected chi connectivity index (χ1v) is 8.35. The fourth-order valence-corrected chi connectivity index (χ4v) is 3.30. The van der Waals surface area contributed by atoms with Crippen LogP contribution in [0, 0.1) is 0 Å². The highest BCUT2D eigenvalue weighted by atomic mass is 16.6. The Labute approximate surface area is 148 Å². The number of hydrogen-bond donors (Lipinski definition) is 0. The van der Waals surface area contributed by atoms with Gasteiger partial charge >= 0.3 is 5.97 Å². The maximum atomic E-state index is 12.9. The molecule has 0 unspecified atom stereocenters. The molecule has 0 aliphatic carbocycles. The van der Waals surface area contributed by atoms with E-state index < -0.39 is 5.54 Å². The normalized spacial score (nSPS) is 20.5. The van der Waals surface area contributed by atoms with Crippen molar-refractivity contribution < 1.29 is 9.53 Å². The van der Waals surface area contributed by atoms with Gasteiger partial charge in [-0.05, 0) is 24.1 Å². The summed E-state index contributed by atoms with van der Waals surface area (Å²) in [6.07, 6.45) is 4.59. The Balaban J connectivity index is 2.11. The molecule has 2 aromatic rings.